The predicted molar refractivity (Wildman–Crippen MR) is 306 cm³/mol. The van der Waals surface area contributed by atoms with Gasteiger partial charge in [0.2, 0.25) is 0 Å². The number of nitrogens with zero attached hydrogens (tertiary/aromatic N) is 3. The summed E-state index contributed by atoms with van der Waals surface area (Å²) in [5, 5.41) is 12.8. The summed E-state index contributed by atoms with van der Waals surface area (Å²) in [7, 11) is 0. The summed E-state index contributed by atoms with van der Waals surface area (Å²) in [6, 6.07) is 87.7. The maximum Gasteiger partial charge on any atom is 0.0555 e. The lowest BCUT2D eigenvalue weighted by atomic mass is 10.0. The Bertz CT molecular complexity index is 4880. The minimum Gasteiger partial charge on any atom is -0.309 e. The molecule has 0 aliphatic carbocycles. The fraction of sp³-hybridized carbons (Fsp3) is 0. The zero-order chi connectivity index (χ0) is 46.3. The Hall–Kier alpha value is -8.74. The lowest BCUT2D eigenvalue weighted by molar-refractivity contribution is 1.18. The van der Waals surface area contributed by atoms with Gasteiger partial charge in [0.15, 0.2) is 0 Å². The summed E-state index contributed by atoms with van der Waals surface area (Å²) in [4.78, 5) is 0. The highest BCUT2D eigenvalue weighted by Crippen LogP contribution is 2.46. The summed E-state index contributed by atoms with van der Waals surface area (Å²) in [5.41, 5.74) is 15.7. The van der Waals surface area contributed by atoms with Crippen molar-refractivity contribution in [2.75, 3.05) is 0 Å². The van der Waals surface area contributed by atoms with Gasteiger partial charge in [0, 0.05) is 89.7 Å². The third-order valence-electron chi connectivity index (χ3n) is 15.0. The summed E-state index contributed by atoms with van der Waals surface area (Å²) < 4.78 is 12.6. The van der Waals surface area contributed by atoms with E-state index in [0.29, 0.717) is 0 Å². The largest absolute Gasteiger partial charge is 0.309 e. The third-order valence-corrected chi connectivity index (χ3v) is 17.5. The van der Waals surface area contributed by atoms with E-state index in [1.54, 1.807) is 0 Å². The van der Waals surface area contributed by atoms with E-state index >= 15 is 0 Å². The predicted octanol–water partition coefficient (Wildman–Crippen LogP) is 19.0. The molecular weight excluding hydrogens is 899 g/mol. The average Bonchev–Trinajstić information content (AvgIpc) is 4.24. The first-order chi connectivity index (χ1) is 35.2. The number of rotatable bonds is 5. The molecule has 5 aromatic heterocycles. The van der Waals surface area contributed by atoms with E-state index in [1.807, 2.05) is 22.7 Å². The molecule has 0 fully saturated rings. The van der Waals surface area contributed by atoms with Gasteiger partial charge in [0.1, 0.15) is 0 Å². The molecule has 16 rings (SSSR count). The van der Waals surface area contributed by atoms with Crippen LogP contribution in [0.4, 0.5) is 0 Å². The second-order valence-electron chi connectivity index (χ2n) is 18.8. The number of hydrogen-bond donors (Lipinski definition) is 0. The number of hydrogen-bond acceptors (Lipinski definition) is 2. The highest BCUT2D eigenvalue weighted by Gasteiger charge is 2.21. The molecule has 0 aliphatic rings. The SMILES string of the molecule is c1ccc(-n2c3ccccc3c3cc(-c4ccc5c(c4)c4ccccc4n5-c4ccc5sc6c(ccc7c6c6ccccc6n7-c6cccc(-c7cccc8c7sc7ccccc78)c6)c5c4)ccc32)cc1. The second-order valence-corrected chi connectivity index (χ2v) is 20.9. The van der Waals surface area contributed by atoms with Gasteiger partial charge in [-0.05, 0) is 119 Å². The molecule has 0 atom stereocenters. The van der Waals surface area contributed by atoms with Crippen LogP contribution in [0, 0.1) is 0 Å². The van der Waals surface area contributed by atoms with E-state index in [-0.39, 0.29) is 0 Å². The van der Waals surface area contributed by atoms with Crippen molar-refractivity contribution in [2.24, 2.45) is 0 Å². The first-order valence-corrected chi connectivity index (χ1v) is 25.9. The van der Waals surface area contributed by atoms with Crippen molar-refractivity contribution >= 4 is 128 Å². The molecule has 0 unspecified atom stereocenters. The van der Waals surface area contributed by atoms with Crippen molar-refractivity contribution in [3.05, 3.63) is 237 Å². The Morgan fingerprint density at radius 1 is 0.239 bits per heavy atom. The Labute approximate surface area is 415 Å². The van der Waals surface area contributed by atoms with Crippen molar-refractivity contribution < 1.29 is 0 Å². The van der Waals surface area contributed by atoms with Crippen LogP contribution in [0.5, 0.6) is 0 Å². The van der Waals surface area contributed by atoms with Crippen LogP contribution in [-0.2, 0) is 0 Å². The summed E-state index contributed by atoms with van der Waals surface area (Å²) in [6.45, 7) is 0. The number of thiophene rings is 2. The normalized spacial score (nSPS) is 12.2. The molecule has 0 bridgehead atoms. The molecule has 5 heteroatoms. The molecule has 16 aromatic rings. The van der Waals surface area contributed by atoms with Gasteiger partial charge in [-0.15, -0.1) is 22.7 Å². The topological polar surface area (TPSA) is 14.8 Å². The van der Waals surface area contributed by atoms with Crippen molar-refractivity contribution in [3.8, 4) is 39.3 Å². The van der Waals surface area contributed by atoms with Crippen LogP contribution in [0.1, 0.15) is 0 Å². The quantitative estimate of drug-likeness (QED) is 0.163. The lowest BCUT2D eigenvalue weighted by Crippen LogP contribution is -1.94. The van der Waals surface area contributed by atoms with Crippen molar-refractivity contribution in [2.45, 2.75) is 0 Å². The summed E-state index contributed by atoms with van der Waals surface area (Å²) in [6.07, 6.45) is 0. The zero-order valence-corrected chi connectivity index (χ0v) is 39.8. The standard InChI is InChI=1S/C66H39N3S2/c1-2-15-43(16-3-1)67-56-24-8-4-18-47(56)53-37-40(28-32-59(53)67)41-29-33-60-54(38-41)48-19-5-9-25-57(48)68(60)45-30-35-63-55(39-45)51-31-34-61-64(66(51)71-63)52-21-6-10-26-58(52)69(61)44-17-12-14-42(36-44)46-22-13-23-50-49-20-7-11-27-62(49)70-65(46)50/h1-39H. The van der Waals surface area contributed by atoms with Crippen LogP contribution < -0.4 is 0 Å². The number of benzene rings is 11. The Morgan fingerprint density at radius 3 is 1.49 bits per heavy atom. The molecular formula is C66H39N3S2. The van der Waals surface area contributed by atoms with E-state index < -0.39 is 0 Å². The summed E-state index contributed by atoms with van der Waals surface area (Å²) in [5.74, 6) is 0. The Balaban J connectivity index is 0.831. The van der Waals surface area contributed by atoms with Gasteiger partial charge in [-0.25, -0.2) is 0 Å². The van der Waals surface area contributed by atoms with E-state index in [1.165, 1.54) is 145 Å². The number of aromatic nitrogens is 3. The van der Waals surface area contributed by atoms with Gasteiger partial charge < -0.3 is 13.7 Å². The third kappa shape index (κ3) is 5.64. The molecule has 0 spiro atoms. The highest BCUT2D eigenvalue weighted by molar-refractivity contribution is 7.27. The molecule has 11 aromatic carbocycles. The molecule has 330 valence electrons. The van der Waals surface area contributed by atoms with Crippen molar-refractivity contribution in [3.63, 3.8) is 0 Å². The highest BCUT2D eigenvalue weighted by atomic mass is 32.1. The Morgan fingerprint density at radius 2 is 0.746 bits per heavy atom. The molecule has 0 aliphatic heterocycles. The van der Waals surface area contributed by atoms with E-state index in [2.05, 4.69) is 250 Å². The first-order valence-electron chi connectivity index (χ1n) is 24.2. The molecule has 3 nitrogen and oxygen atoms in total. The van der Waals surface area contributed by atoms with Crippen LogP contribution in [0.25, 0.3) is 145 Å². The van der Waals surface area contributed by atoms with Gasteiger partial charge in [0.25, 0.3) is 0 Å². The fourth-order valence-corrected chi connectivity index (χ4v) is 14.4. The Kier molecular flexibility index (Phi) is 8.20. The maximum absolute atomic E-state index is 2.47. The van der Waals surface area contributed by atoms with Gasteiger partial charge in [-0.3, -0.25) is 0 Å². The average molecular weight is 938 g/mol. The van der Waals surface area contributed by atoms with Gasteiger partial charge in [0.05, 0.1) is 33.1 Å². The molecule has 0 amide bonds. The summed E-state index contributed by atoms with van der Waals surface area (Å²) >= 11 is 3.80. The minimum atomic E-state index is 1.17. The molecule has 0 saturated heterocycles. The maximum atomic E-state index is 2.47. The molecule has 0 N–H and O–H groups in total. The van der Waals surface area contributed by atoms with Crippen LogP contribution in [0.3, 0.4) is 0 Å². The smallest absolute Gasteiger partial charge is 0.0555 e. The van der Waals surface area contributed by atoms with Crippen LogP contribution >= 0.6 is 22.7 Å². The second kappa shape index (κ2) is 14.9. The van der Waals surface area contributed by atoms with E-state index in [9.17, 15) is 0 Å². The lowest BCUT2D eigenvalue weighted by Gasteiger charge is -2.11. The van der Waals surface area contributed by atoms with Gasteiger partial charge >= 0.3 is 0 Å². The first kappa shape index (κ1) is 39.1. The molecule has 5 heterocycles. The fourth-order valence-electron chi connectivity index (χ4n) is 11.9. The molecule has 0 saturated carbocycles. The van der Waals surface area contributed by atoms with E-state index in [4.69, 9.17) is 0 Å². The minimum absolute atomic E-state index is 1.17. The number of fused-ring (bicyclic) bond motifs is 16. The van der Waals surface area contributed by atoms with Crippen LogP contribution in [0.2, 0.25) is 0 Å². The number of para-hydroxylation sites is 4. The van der Waals surface area contributed by atoms with Gasteiger partial charge in [-0.1, -0.05) is 140 Å². The van der Waals surface area contributed by atoms with E-state index in [0.717, 1.165) is 0 Å². The van der Waals surface area contributed by atoms with Crippen molar-refractivity contribution in [1.82, 2.24) is 13.7 Å². The molecule has 71 heavy (non-hydrogen) atoms. The zero-order valence-electron chi connectivity index (χ0n) is 38.2. The van der Waals surface area contributed by atoms with Crippen molar-refractivity contribution in [1.29, 1.82) is 0 Å². The molecule has 0 radical (unpaired) electrons. The monoisotopic (exact) mass is 937 g/mol. The van der Waals surface area contributed by atoms with Crippen LogP contribution in [-0.4, -0.2) is 13.7 Å². The van der Waals surface area contributed by atoms with Gasteiger partial charge in [-0.2, -0.15) is 0 Å². The van der Waals surface area contributed by atoms with Crippen LogP contribution in [0.15, 0.2) is 237 Å².